The molecule has 1 saturated carbocycles. The van der Waals surface area contributed by atoms with E-state index in [1.54, 1.807) is 6.92 Å². The van der Waals surface area contributed by atoms with Gasteiger partial charge in [0.15, 0.2) is 0 Å². The lowest BCUT2D eigenvalue weighted by Gasteiger charge is -2.49. The minimum atomic E-state index is -1.15. The Labute approximate surface area is 79.4 Å². The van der Waals surface area contributed by atoms with Gasteiger partial charge in [-0.1, -0.05) is 13.8 Å². The predicted octanol–water partition coefficient (Wildman–Crippen LogP) is 0.669. The van der Waals surface area contributed by atoms with Crippen molar-refractivity contribution >= 4 is 0 Å². The van der Waals surface area contributed by atoms with Crippen LogP contribution in [0.3, 0.4) is 0 Å². The van der Waals surface area contributed by atoms with Gasteiger partial charge in [0.25, 0.3) is 0 Å². The molecule has 0 spiro atoms. The smallest absolute Gasteiger partial charge is 0.0977 e. The molecule has 3 nitrogen and oxygen atoms in total. The summed E-state index contributed by atoms with van der Waals surface area (Å²) >= 11 is 0. The van der Waals surface area contributed by atoms with E-state index in [2.05, 4.69) is 0 Å². The molecule has 1 aliphatic carbocycles. The third kappa shape index (κ3) is 1.73. The van der Waals surface area contributed by atoms with Gasteiger partial charge in [0, 0.05) is 6.42 Å². The predicted molar refractivity (Wildman–Crippen MR) is 50.3 cm³/mol. The Morgan fingerprint density at radius 2 is 1.92 bits per heavy atom. The molecule has 3 N–H and O–H groups in total. The molecule has 0 saturated heterocycles. The molecule has 3 heteroatoms. The first-order valence-corrected chi connectivity index (χ1v) is 4.88. The minimum Gasteiger partial charge on any atom is -0.393 e. The maximum absolute atomic E-state index is 10.2. The number of hydrogen-bond acceptors (Lipinski definition) is 3. The lowest BCUT2D eigenvalue weighted by atomic mass is 9.62. The van der Waals surface area contributed by atoms with E-state index in [1.807, 2.05) is 13.8 Å². The SMILES string of the molecule is C[C@H](O)[C@@]1(O)C[C@@H](O)CCC1(C)C. The summed E-state index contributed by atoms with van der Waals surface area (Å²) < 4.78 is 0. The molecular formula is C10H20O3. The molecule has 1 aliphatic rings. The normalized spacial score (nSPS) is 41.5. The van der Waals surface area contributed by atoms with E-state index in [9.17, 15) is 15.3 Å². The second-order valence-electron chi connectivity index (χ2n) is 4.88. The monoisotopic (exact) mass is 188 g/mol. The molecule has 0 aromatic carbocycles. The van der Waals surface area contributed by atoms with Crippen LogP contribution in [0, 0.1) is 5.41 Å². The van der Waals surface area contributed by atoms with Crippen molar-refractivity contribution in [2.24, 2.45) is 5.41 Å². The molecule has 1 fully saturated rings. The lowest BCUT2D eigenvalue weighted by molar-refractivity contribution is -0.183. The second-order valence-corrected chi connectivity index (χ2v) is 4.88. The summed E-state index contributed by atoms with van der Waals surface area (Å²) in [6.45, 7) is 5.46. The van der Waals surface area contributed by atoms with Crippen molar-refractivity contribution in [1.29, 1.82) is 0 Å². The molecular weight excluding hydrogens is 168 g/mol. The molecule has 0 bridgehead atoms. The van der Waals surface area contributed by atoms with Gasteiger partial charge in [-0.15, -0.1) is 0 Å². The summed E-state index contributed by atoms with van der Waals surface area (Å²) in [5.74, 6) is 0. The van der Waals surface area contributed by atoms with Crippen molar-refractivity contribution in [3.05, 3.63) is 0 Å². The van der Waals surface area contributed by atoms with E-state index < -0.39 is 17.8 Å². The van der Waals surface area contributed by atoms with Gasteiger partial charge in [-0.2, -0.15) is 0 Å². The van der Waals surface area contributed by atoms with Crippen LogP contribution >= 0.6 is 0 Å². The number of aliphatic hydroxyl groups excluding tert-OH is 2. The third-order valence-electron chi connectivity index (χ3n) is 3.51. The van der Waals surface area contributed by atoms with Gasteiger partial charge in [-0.05, 0) is 25.2 Å². The fourth-order valence-corrected chi connectivity index (χ4v) is 2.22. The number of aliphatic hydroxyl groups is 3. The molecule has 13 heavy (non-hydrogen) atoms. The quantitative estimate of drug-likeness (QED) is 0.567. The Balaban J connectivity index is 2.89. The van der Waals surface area contributed by atoms with Crippen molar-refractivity contribution in [3.8, 4) is 0 Å². The standard InChI is InChI=1S/C10H20O3/c1-7(11)10(13)6-8(12)4-5-9(10,2)3/h7-8,11-13H,4-6H2,1-3H3/t7-,8-,10-/m0/s1. The molecule has 0 unspecified atom stereocenters. The first-order chi connectivity index (χ1) is 5.79. The van der Waals surface area contributed by atoms with E-state index >= 15 is 0 Å². The highest BCUT2D eigenvalue weighted by molar-refractivity contribution is 5.01. The van der Waals surface area contributed by atoms with Gasteiger partial charge in [0.2, 0.25) is 0 Å². The van der Waals surface area contributed by atoms with Crippen molar-refractivity contribution in [3.63, 3.8) is 0 Å². The van der Waals surface area contributed by atoms with Crippen LogP contribution in [0.2, 0.25) is 0 Å². The molecule has 0 heterocycles. The Kier molecular flexibility index (Phi) is 2.72. The van der Waals surface area contributed by atoms with Crippen molar-refractivity contribution in [2.45, 2.75) is 57.8 Å². The average Bonchev–Trinajstić information content (AvgIpc) is 1.98. The summed E-state index contributed by atoms with van der Waals surface area (Å²) in [7, 11) is 0. The zero-order valence-corrected chi connectivity index (χ0v) is 8.62. The van der Waals surface area contributed by atoms with E-state index in [-0.39, 0.29) is 11.8 Å². The Morgan fingerprint density at radius 3 is 2.31 bits per heavy atom. The maximum atomic E-state index is 10.2. The molecule has 0 amide bonds. The molecule has 0 aromatic heterocycles. The van der Waals surface area contributed by atoms with Crippen molar-refractivity contribution in [2.75, 3.05) is 0 Å². The summed E-state index contributed by atoms with van der Waals surface area (Å²) in [6.07, 6.45) is 0.458. The van der Waals surface area contributed by atoms with Crippen LogP contribution in [0.15, 0.2) is 0 Å². The third-order valence-corrected chi connectivity index (χ3v) is 3.51. The van der Waals surface area contributed by atoms with Crippen LogP contribution in [0.25, 0.3) is 0 Å². The molecule has 0 aliphatic heterocycles. The highest BCUT2D eigenvalue weighted by Crippen LogP contribution is 2.45. The van der Waals surface area contributed by atoms with Crippen LogP contribution in [0.4, 0.5) is 0 Å². The number of rotatable bonds is 1. The molecule has 0 radical (unpaired) electrons. The van der Waals surface area contributed by atoms with Gasteiger partial charge < -0.3 is 15.3 Å². The van der Waals surface area contributed by atoms with Gasteiger partial charge in [-0.25, -0.2) is 0 Å². The van der Waals surface area contributed by atoms with E-state index in [0.29, 0.717) is 6.42 Å². The molecule has 1 rings (SSSR count). The van der Waals surface area contributed by atoms with Crippen molar-refractivity contribution < 1.29 is 15.3 Å². The van der Waals surface area contributed by atoms with Gasteiger partial charge in [0.05, 0.1) is 17.8 Å². The lowest BCUT2D eigenvalue weighted by Crippen LogP contribution is -2.57. The van der Waals surface area contributed by atoms with Crippen LogP contribution in [0.1, 0.15) is 40.0 Å². The summed E-state index contributed by atoms with van der Waals surface area (Å²) in [5, 5.41) is 29.2. The summed E-state index contributed by atoms with van der Waals surface area (Å²) in [5.41, 5.74) is -1.47. The highest BCUT2D eigenvalue weighted by atomic mass is 16.3. The topological polar surface area (TPSA) is 60.7 Å². The fourth-order valence-electron chi connectivity index (χ4n) is 2.22. The average molecular weight is 188 g/mol. The fraction of sp³-hybridized carbons (Fsp3) is 1.00. The first kappa shape index (κ1) is 11.0. The van der Waals surface area contributed by atoms with Gasteiger partial charge in [-0.3, -0.25) is 0 Å². The minimum absolute atomic E-state index is 0.275. The zero-order chi connectivity index (χ0) is 10.3. The van der Waals surface area contributed by atoms with E-state index in [1.165, 1.54) is 0 Å². The number of hydrogen-bond donors (Lipinski definition) is 3. The molecule has 0 aromatic rings. The summed E-state index contributed by atoms with van der Waals surface area (Å²) in [6, 6.07) is 0. The Bertz CT molecular complexity index is 189. The van der Waals surface area contributed by atoms with Gasteiger partial charge >= 0.3 is 0 Å². The van der Waals surface area contributed by atoms with Crippen LogP contribution in [-0.2, 0) is 0 Å². The zero-order valence-electron chi connectivity index (χ0n) is 8.62. The van der Waals surface area contributed by atoms with Gasteiger partial charge in [0.1, 0.15) is 0 Å². The van der Waals surface area contributed by atoms with Crippen LogP contribution in [-0.4, -0.2) is 33.1 Å². The largest absolute Gasteiger partial charge is 0.393 e. The second kappa shape index (κ2) is 3.23. The van der Waals surface area contributed by atoms with Crippen LogP contribution in [0.5, 0.6) is 0 Å². The Hall–Kier alpha value is -0.120. The first-order valence-electron chi connectivity index (χ1n) is 4.88. The molecule has 3 atom stereocenters. The van der Waals surface area contributed by atoms with E-state index in [4.69, 9.17) is 0 Å². The van der Waals surface area contributed by atoms with E-state index in [0.717, 1.165) is 6.42 Å². The molecule has 78 valence electrons. The maximum Gasteiger partial charge on any atom is 0.0977 e. The van der Waals surface area contributed by atoms with Crippen molar-refractivity contribution in [1.82, 2.24) is 0 Å². The summed E-state index contributed by atoms with van der Waals surface area (Å²) in [4.78, 5) is 0. The Morgan fingerprint density at radius 1 is 1.38 bits per heavy atom. The van der Waals surface area contributed by atoms with Crippen LogP contribution < -0.4 is 0 Å². The highest BCUT2D eigenvalue weighted by Gasteiger charge is 2.50.